The Hall–Kier alpha value is -0.780. The van der Waals surface area contributed by atoms with Gasteiger partial charge in [0.2, 0.25) is 0 Å². The van der Waals surface area contributed by atoms with E-state index in [-0.39, 0.29) is 0 Å². The molecule has 0 rings (SSSR count). The SMILES string of the molecule is C=C(C)/C(C)=C\C=C(C)C.CC.CCC. The highest BCUT2D eigenvalue weighted by molar-refractivity contribution is 5.28. The van der Waals surface area contributed by atoms with Crippen molar-refractivity contribution in [3.05, 3.63) is 35.5 Å². The number of rotatable bonds is 2. The average Bonchev–Trinajstić information content (AvgIpc) is 2.18. The predicted octanol–water partition coefficient (Wildman–Crippen LogP) is 5.92. The van der Waals surface area contributed by atoms with Crippen molar-refractivity contribution in [3.8, 4) is 0 Å². The summed E-state index contributed by atoms with van der Waals surface area (Å²) in [5, 5.41) is 0. The topological polar surface area (TPSA) is 0 Å². The maximum Gasteiger partial charge on any atom is -0.0395 e. The molecule has 0 aliphatic heterocycles. The number of allylic oxidation sites excluding steroid dienone is 5. The minimum absolute atomic E-state index is 1.14. The van der Waals surface area contributed by atoms with Gasteiger partial charge in [0, 0.05) is 0 Å². The van der Waals surface area contributed by atoms with Gasteiger partial charge in [-0.1, -0.05) is 64.0 Å². The van der Waals surface area contributed by atoms with Gasteiger partial charge in [0.05, 0.1) is 0 Å². The highest BCUT2D eigenvalue weighted by Gasteiger charge is 1.84. The van der Waals surface area contributed by atoms with Gasteiger partial charge in [0.15, 0.2) is 0 Å². The van der Waals surface area contributed by atoms with E-state index >= 15 is 0 Å². The fourth-order valence-corrected chi connectivity index (χ4v) is 0.434. The van der Waals surface area contributed by atoms with Crippen LogP contribution in [0.2, 0.25) is 0 Å². The van der Waals surface area contributed by atoms with Crippen molar-refractivity contribution in [2.45, 2.75) is 61.8 Å². The lowest BCUT2D eigenvalue weighted by atomic mass is 10.1. The number of hydrogen-bond acceptors (Lipinski definition) is 0. The van der Waals surface area contributed by atoms with Crippen LogP contribution in [0.25, 0.3) is 0 Å². The molecule has 15 heavy (non-hydrogen) atoms. The van der Waals surface area contributed by atoms with Crippen LogP contribution < -0.4 is 0 Å². The summed E-state index contributed by atoms with van der Waals surface area (Å²) < 4.78 is 0. The van der Waals surface area contributed by atoms with E-state index in [1.165, 1.54) is 17.6 Å². The minimum Gasteiger partial charge on any atom is -0.0958 e. The molecule has 0 heterocycles. The van der Waals surface area contributed by atoms with Crippen LogP contribution in [0.4, 0.5) is 0 Å². The summed E-state index contributed by atoms with van der Waals surface area (Å²) >= 11 is 0. The third-order valence-electron chi connectivity index (χ3n) is 1.34. The van der Waals surface area contributed by atoms with Gasteiger partial charge in [0.1, 0.15) is 0 Å². The minimum atomic E-state index is 1.14. The smallest absolute Gasteiger partial charge is 0.0395 e. The second kappa shape index (κ2) is 15.7. The molecular formula is C15H30. The van der Waals surface area contributed by atoms with Gasteiger partial charge in [-0.15, -0.1) is 0 Å². The van der Waals surface area contributed by atoms with E-state index in [0.29, 0.717) is 0 Å². The third-order valence-corrected chi connectivity index (χ3v) is 1.34. The zero-order valence-electron chi connectivity index (χ0n) is 12.1. The van der Waals surface area contributed by atoms with Gasteiger partial charge in [-0.05, 0) is 33.3 Å². The third kappa shape index (κ3) is 24.6. The summed E-state index contributed by atoms with van der Waals surface area (Å²) in [6.07, 6.45) is 5.45. The van der Waals surface area contributed by atoms with Crippen LogP contribution in [0.3, 0.4) is 0 Å². The molecule has 0 heteroatoms. The quantitative estimate of drug-likeness (QED) is 0.496. The summed E-state index contributed by atoms with van der Waals surface area (Å²) in [4.78, 5) is 0. The van der Waals surface area contributed by atoms with E-state index in [0.717, 1.165) is 5.57 Å². The van der Waals surface area contributed by atoms with E-state index in [9.17, 15) is 0 Å². The molecule has 0 aromatic heterocycles. The van der Waals surface area contributed by atoms with Crippen molar-refractivity contribution in [2.24, 2.45) is 0 Å². The van der Waals surface area contributed by atoms with Gasteiger partial charge in [-0.3, -0.25) is 0 Å². The van der Waals surface area contributed by atoms with Crippen molar-refractivity contribution in [2.75, 3.05) is 0 Å². The molecule has 90 valence electrons. The molecule has 0 spiro atoms. The Labute approximate surface area is 97.8 Å². The maximum atomic E-state index is 3.84. The van der Waals surface area contributed by atoms with Gasteiger partial charge < -0.3 is 0 Å². The summed E-state index contributed by atoms with van der Waals surface area (Å²) in [7, 11) is 0. The van der Waals surface area contributed by atoms with Crippen molar-refractivity contribution >= 4 is 0 Å². The fourth-order valence-electron chi connectivity index (χ4n) is 0.434. The molecule has 0 N–H and O–H groups in total. The monoisotopic (exact) mass is 210 g/mol. The van der Waals surface area contributed by atoms with Gasteiger partial charge >= 0.3 is 0 Å². The van der Waals surface area contributed by atoms with Crippen LogP contribution in [0.15, 0.2) is 35.5 Å². The van der Waals surface area contributed by atoms with Crippen LogP contribution >= 0.6 is 0 Å². The molecule has 0 atom stereocenters. The van der Waals surface area contributed by atoms with Crippen molar-refractivity contribution < 1.29 is 0 Å². The van der Waals surface area contributed by atoms with Gasteiger partial charge in [-0.2, -0.15) is 0 Å². The number of hydrogen-bond donors (Lipinski definition) is 0. The lowest BCUT2D eigenvalue weighted by molar-refractivity contribution is 1.09. The Morgan fingerprint density at radius 3 is 1.47 bits per heavy atom. The highest BCUT2D eigenvalue weighted by Crippen LogP contribution is 2.05. The summed E-state index contributed by atoms with van der Waals surface area (Å²) in [5.74, 6) is 0. The summed E-state index contributed by atoms with van der Waals surface area (Å²) in [6, 6.07) is 0. The molecule has 0 amide bonds. The Balaban J connectivity index is -0.000000245. The summed E-state index contributed by atoms with van der Waals surface area (Å²) in [5.41, 5.74) is 3.71. The molecule has 0 aromatic carbocycles. The Morgan fingerprint density at radius 1 is 0.933 bits per heavy atom. The average molecular weight is 210 g/mol. The van der Waals surface area contributed by atoms with E-state index in [2.05, 4.69) is 53.3 Å². The Kier molecular flexibility index (Phi) is 20.6. The Morgan fingerprint density at radius 2 is 1.27 bits per heavy atom. The standard InChI is InChI=1S/C10H16.C3H8.C2H6/c1-8(2)6-7-10(5)9(3)4;1-3-2;1-2/h6-7H,3H2,1-2,4-5H3;3H2,1-2H3;1-2H3/b10-7-;;. The molecule has 0 bridgehead atoms. The molecule has 0 saturated heterocycles. The molecule has 0 unspecified atom stereocenters. The molecule has 0 aliphatic rings. The first-order valence-corrected chi connectivity index (χ1v) is 5.93. The van der Waals surface area contributed by atoms with E-state index in [4.69, 9.17) is 0 Å². The second-order valence-electron chi connectivity index (χ2n) is 3.58. The van der Waals surface area contributed by atoms with Gasteiger partial charge in [0.25, 0.3) is 0 Å². The highest BCUT2D eigenvalue weighted by atomic mass is 13.9. The van der Waals surface area contributed by atoms with Crippen LogP contribution in [0.5, 0.6) is 0 Å². The maximum absolute atomic E-state index is 3.84. The largest absolute Gasteiger partial charge is 0.0958 e. The molecular weight excluding hydrogens is 180 g/mol. The lowest BCUT2D eigenvalue weighted by Gasteiger charge is -1.94. The zero-order valence-corrected chi connectivity index (χ0v) is 12.1. The first-order chi connectivity index (χ1) is 6.95. The molecule has 0 fully saturated rings. The molecule has 0 saturated carbocycles. The van der Waals surface area contributed by atoms with E-state index in [1.807, 2.05) is 20.8 Å². The first-order valence-electron chi connectivity index (χ1n) is 5.93. The van der Waals surface area contributed by atoms with Gasteiger partial charge in [-0.25, -0.2) is 0 Å². The first kappa shape index (κ1) is 19.7. The normalized spacial score (nSPS) is 8.93. The molecule has 0 aromatic rings. The van der Waals surface area contributed by atoms with Crippen LogP contribution in [-0.4, -0.2) is 0 Å². The van der Waals surface area contributed by atoms with Crippen molar-refractivity contribution in [1.82, 2.24) is 0 Å². The van der Waals surface area contributed by atoms with Crippen LogP contribution in [-0.2, 0) is 0 Å². The zero-order chi connectivity index (χ0) is 12.9. The van der Waals surface area contributed by atoms with E-state index in [1.54, 1.807) is 0 Å². The predicted molar refractivity (Wildman–Crippen MR) is 75.3 cm³/mol. The van der Waals surface area contributed by atoms with Crippen LogP contribution in [0.1, 0.15) is 61.8 Å². The van der Waals surface area contributed by atoms with E-state index < -0.39 is 0 Å². The second-order valence-corrected chi connectivity index (χ2v) is 3.58. The Bertz CT molecular complexity index is 188. The molecule has 0 nitrogen and oxygen atoms in total. The van der Waals surface area contributed by atoms with Crippen LogP contribution in [0, 0.1) is 0 Å². The molecule has 0 aliphatic carbocycles. The van der Waals surface area contributed by atoms with Crippen molar-refractivity contribution in [3.63, 3.8) is 0 Å². The summed E-state index contributed by atoms with van der Waals surface area (Å²) in [6.45, 7) is 20.3. The van der Waals surface area contributed by atoms with Crippen molar-refractivity contribution in [1.29, 1.82) is 0 Å². The fraction of sp³-hybridized carbons (Fsp3) is 0.600. The lowest BCUT2D eigenvalue weighted by Crippen LogP contribution is -1.74. The molecule has 0 radical (unpaired) electrons.